The van der Waals surface area contributed by atoms with Gasteiger partial charge in [0.1, 0.15) is 17.8 Å². The van der Waals surface area contributed by atoms with Crippen molar-refractivity contribution in [1.82, 2.24) is 4.90 Å². The third-order valence-corrected chi connectivity index (χ3v) is 13.9. The van der Waals surface area contributed by atoms with Gasteiger partial charge in [0, 0.05) is 64.1 Å². The van der Waals surface area contributed by atoms with Crippen LogP contribution in [0.2, 0.25) is 0 Å². The molecule has 268 valence electrons. The Morgan fingerprint density at radius 3 is 2.10 bits per heavy atom. The van der Waals surface area contributed by atoms with E-state index in [1.54, 1.807) is 6.92 Å². The van der Waals surface area contributed by atoms with Gasteiger partial charge in [-0.3, -0.25) is 24.1 Å². The molecule has 0 amide bonds. The first kappa shape index (κ1) is 34.1. The summed E-state index contributed by atoms with van der Waals surface area (Å²) in [4.78, 5) is 53.0. The number of hydrogen-bond acceptors (Lipinski definition) is 13. The van der Waals surface area contributed by atoms with E-state index in [9.17, 15) is 34.5 Å². The molecule has 4 aliphatic carbocycles. The molecular formula is C35H51NO12. The van der Waals surface area contributed by atoms with Crippen molar-refractivity contribution in [3.05, 3.63) is 0 Å². The molecule has 4 bridgehead atoms. The lowest BCUT2D eigenvalue weighted by molar-refractivity contribution is -0.300. The number of piperidine rings is 2. The second-order valence-corrected chi connectivity index (χ2v) is 16.6. The van der Waals surface area contributed by atoms with Crippen LogP contribution in [0.5, 0.6) is 0 Å². The van der Waals surface area contributed by atoms with Crippen molar-refractivity contribution in [2.45, 2.75) is 140 Å². The Labute approximate surface area is 280 Å². The number of nitrogens with zero attached hydrogens (tertiary/aromatic N) is 1. The predicted molar refractivity (Wildman–Crippen MR) is 164 cm³/mol. The summed E-state index contributed by atoms with van der Waals surface area (Å²) in [5, 5.41) is 38.6. The number of carbonyl (C=O) groups is 4. The molecule has 0 unspecified atom stereocenters. The highest BCUT2D eigenvalue weighted by molar-refractivity contribution is 5.68. The van der Waals surface area contributed by atoms with E-state index in [1.807, 2.05) is 6.92 Å². The fourth-order valence-corrected chi connectivity index (χ4v) is 12.6. The van der Waals surface area contributed by atoms with Gasteiger partial charge in [-0.15, -0.1) is 0 Å². The molecule has 1 spiro atoms. The minimum absolute atomic E-state index is 0.0916. The highest BCUT2D eigenvalue weighted by Crippen LogP contribution is 2.77. The second-order valence-electron chi connectivity index (χ2n) is 16.6. The minimum atomic E-state index is -1.98. The molecule has 3 N–H and O–H groups in total. The first-order valence-corrected chi connectivity index (χ1v) is 17.6. The largest absolute Gasteiger partial charge is 0.462 e. The Morgan fingerprint density at radius 2 is 1.48 bits per heavy atom. The van der Waals surface area contributed by atoms with Gasteiger partial charge in [0.15, 0.2) is 12.2 Å². The molecular weight excluding hydrogens is 626 g/mol. The van der Waals surface area contributed by atoms with E-state index in [0.29, 0.717) is 25.3 Å². The van der Waals surface area contributed by atoms with Gasteiger partial charge in [-0.2, -0.15) is 0 Å². The Morgan fingerprint density at radius 1 is 0.833 bits per heavy atom. The number of hydrogen-bond donors (Lipinski definition) is 3. The molecule has 13 heteroatoms. The molecule has 3 heterocycles. The average molecular weight is 678 g/mol. The first-order chi connectivity index (χ1) is 22.3. The lowest BCUT2D eigenvalue weighted by Gasteiger charge is -2.64. The molecule has 0 aromatic carbocycles. The van der Waals surface area contributed by atoms with E-state index in [0.717, 1.165) is 19.4 Å². The SMILES string of the molecule is CC(=O)O[C@@H]1[C@H]2[C@@H](CN3C[C@@H](C)CC[C@H]3[C@@]2(C)O)[C@@H]2C[C@]34O[C@]5(O)[C@@H](OC(C)=O)CC[C@@]3(C)[C@@H]5C[C@@H](OC(C)=O)[C@H]4[C@]2(O)[C@H]1OC(C)=O. The van der Waals surface area contributed by atoms with Crippen LogP contribution in [0.3, 0.4) is 0 Å². The number of rotatable bonds is 4. The summed E-state index contributed by atoms with van der Waals surface area (Å²) in [6, 6.07) is -0.248. The van der Waals surface area contributed by atoms with Gasteiger partial charge in [0.2, 0.25) is 5.79 Å². The number of ether oxygens (including phenoxy) is 5. The first-order valence-electron chi connectivity index (χ1n) is 17.6. The maximum absolute atomic E-state index is 13.6. The zero-order valence-corrected chi connectivity index (χ0v) is 29.0. The summed E-state index contributed by atoms with van der Waals surface area (Å²) in [5.74, 6) is -7.62. The smallest absolute Gasteiger partial charge is 0.303 e. The Kier molecular flexibility index (Phi) is 7.71. The van der Waals surface area contributed by atoms with Crippen LogP contribution in [0.15, 0.2) is 0 Å². The van der Waals surface area contributed by atoms with Gasteiger partial charge >= 0.3 is 23.9 Å². The molecule has 0 aromatic heterocycles. The van der Waals surface area contributed by atoms with Crippen LogP contribution in [0.1, 0.15) is 87.0 Å². The summed E-state index contributed by atoms with van der Waals surface area (Å²) >= 11 is 0. The lowest BCUT2D eigenvalue weighted by atomic mass is 9.49. The van der Waals surface area contributed by atoms with Crippen molar-refractivity contribution in [1.29, 1.82) is 0 Å². The molecule has 48 heavy (non-hydrogen) atoms. The minimum Gasteiger partial charge on any atom is -0.462 e. The zero-order chi connectivity index (χ0) is 34.9. The zero-order valence-electron chi connectivity index (χ0n) is 29.0. The highest BCUT2D eigenvalue weighted by atomic mass is 16.7. The summed E-state index contributed by atoms with van der Waals surface area (Å²) < 4.78 is 30.7. The van der Waals surface area contributed by atoms with Crippen LogP contribution >= 0.6 is 0 Å². The van der Waals surface area contributed by atoms with Gasteiger partial charge < -0.3 is 39.0 Å². The Balaban J connectivity index is 1.45. The fourth-order valence-electron chi connectivity index (χ4n) is 12.6. The topological polar surface area (TPSA) is 178 Å². The fraction of sp³-hybridized carbons (Fsp3) is 0.886. The molecule has 3 aliphatic heterocycles. The van der Waals surface area contributed by atoms with E-state index in [4.69, 9.17) is 23.7 Å². The van der Waals surface area contributed by atoms with Crippen LogP contribution < -0.4 is 0 Å². The quantitative estimate of drug-likeness (QED) is 0.288. The molecule has 16 atom stereocenters. The summed E-state index contributed by atoms with van der Waals surface area (Å²) in [5.41, 5.74) is -5.48. The number of aliphatic hydroxyl groups is 3. The van der Waals surface area contributed by atoms with E-state index in [2.05, 4.69) is 11.8 Å². The molecule has 0 aromatic rings. The average Bonchev–Trinajstić information content (AvgIpc) is 3.23. The Bertz CT molecular complexity index is 1400. The molecule has 4 saturated carbocycles. The molecule has 13 nitrogen and oxygen atoms in total. The van der Waals surface area contributed by atoms with E-state index in [-0.39, 0.29) is 18.9 Å². The molecule has 7 rings (SSSR count). The van der Waals surface area contributed by atoms with Crippen molar-refractivity contribution in [2.75, 3.05) is 13.1 Å². The van der Waals surface area contributed by atoms with Crippen molar-refractivity contribution in [3.63, 3.8) is 0 Å². The predicted octanol–water partition coefficient (Wildman–Crippen LogP) is 1.47. The maximum Gasteiger partial charge on any atom is 0.303 e. The van der Waals surface area contributed by atoms with Gasteiger partial charge in [-0.25, -0.2) is 0 Å². The van der Waals surface area contributed by atoms with E-state index in [1.165, 1.54) is 27.7 Å². The highest BCUT2D eigenvalue weighted by Gasteiger charge is 2.88. The third kappa shape index (κ3) is 4.39. The van der Waals surface area contributed by atoms with Gasteiger partial charge in [0.05, 0.1) is 17.1 Å². The van der Waals surface area contributed by atoms with Crippen LogP contribution in [-0.4, -0.2) is 110 Å². The normalized spacial score (nSPS) is 53.3. The van der Waals surface area contributed by atoms with Crippen molar-refractivity contribution in [2.24, 2.45) is 40.9 Å². The van der Waals surface area contributed by atoms with Gasteiger partial charge in [0.25, 0.3) is 0 Å². The number of fused-ring (bicyclic) bond motifs is 5. The lowest BCUT2D eigenvalue weighted by Crippen LogP contribution is -2.77. The van der Waals surface area contributed by atoms with Crippen LogP contribution in [-0.2, 0) is 42.9 Å². The summed E-state index contributed by atoms with van der Waals surface area (Å²) in [7, 11) is 0. The number of esters is 4. The maximum atomic E-state index is 13.6. The summed E-state index contributed by atoms with van der Waals surface area (Å²) in [6.45, 7) is 12.2. The van der Waals surface area contributed by atoms with E-state index < -0.39 is 106 Å². The van der Waals surface area contributed by atoms with Crippen LogP contribution in [0.4, 0.5) is 0 Å². The Hall–Kier alpha value is -2.32. The number of carbonyl (C=O) groups excluding carboxylic acids is 4. The van der Waals surface area contributed by atoms with Crippen LogP contribution in [0.25, 0.3) is 0 Å². The molecule has 3 saturated heterocycles. The molecule has 7 fully saturated rings. The standard InChI is InChI=1S/C35H51NO12/c1-16-8-9-25-32(7,41)27-21(15-36(25)14-16)22-13-33-29(34(22,42)30(47-20(5)40)28(27)46-19(4)39)23(44-17(2)37)12-24-31(33,6)11-10-26(45-18(3)38)35(24,43)48-33/h16,21-30,41-43H,8-15H2,1-7H3/t16-,21-,22-,23+,24-,25-,26-,27+,28+,29+,30-,31-,32+,33+,34-,35-/m0/s1. The third-order valence-electron chi connectivity index (χ3n) is 13.9. The second kappa shape index (κ2) is 10.8. The van der Waals surface area contributed by atoms with E-state index >= 15 is 0 Å². The van der Waals surface area contributed by atoms with Gasteiger partial charge in [-0.1, -0.05) is 13.8 Å². The monoisotopic (exact) mass is 677 g/mol. The van der Waals surface area contributed by atoms with Crippen LogP contribution in [0, 0.1) is 40.9 Å². The summed E-state index contributed by atoms with van der Waals surface area (Å²) in [6.07, 6.45) is -1.94. The van der Waals surface area contributed by atoms with Crippen molar-refractivity contribution in [3.8, 4) is 0 Å². The van der Waals surface area contributed by atoms with Gasteiger partial charge in [-0.05, 0) is 63.2 Å². The molecule has 7 aliphatic rings. The molecule has 0 radical (unpaired) electrons. The van der Waals surface area contributed by atoms with Crippen molar-refractivity contribution >= 4 is 23.9 Å². The van der Waals surface area contributed by atoms with Crippen molar-refractivity contribution < 1.29 is 58.2 Å².